The topological polar surface area (TPSA) is 20.8 Å². The molecule has 0 amide bonds. The summed E-state index contributed by atoms with van der Waals surface area (Å²) in [5.41, 5.74) is 0. The first-order valence-corrected chi connectivity index (χ1v) is 5.83. The van der Waals surface area contributed by atoms with Crippen molar-refractivity contribution in [3.8, 4) is 5.82 Å². The van der Waals surface area contributed by atoms with Gasteiger partial charge in [0.25, 0.3) is 0 Å². The summed E-state index contributed by atoms with van der Waals surface area (Å²) in [4.78, 5) is 4.21. The Kier molecular flexibility index (Phi) is 3.50. The second-order valence-corrected chi connectivity index (χ2v) is 4.66. The molecule has 88 valence electrons. The highest BCUT2D eigenvalue weighted by Gasteiger charge is 2.04. The molecule has 0 radical (unpaired) electrons. The van der Waals surface area contributed by atoms with Crippen molar-refractivity contribution >= 4 is 23.2 Å². The summed E-state index contributed by atoms with van der Waals surface area (Å²) < 4.78 is 3.88. The molecule has 0 saturated heterocycles. The molecule has 0 saturated carbocycles. The Hall–Kier alpha value is -1.32. The summed E-state index contributed by atoms with van der Waals surface area (Å²) in [5.74, 6) is 0.668. The van der Waals surface area contributed by atoms with E-state index in [1.54, 1.807) is 12.3 Å². The lowest BCUT2D eigenvalue weighted by Crippen LogP contribution is -2.21. The SMILES string of the molecule is C[N+](C)=c1ccn(-c2ncc(Cl)cc2Cl)cc1. The molecule has 0 aliphatic carbocycles. The maximum atomic E-state index is 6.09. The highest BCUT2D eigenvalue weighted by molar-refractivity contribution is 6.35. The molecule has 0 spiro atoms. The van der Waals surface area contributed by atoms with E-state index in [2.05, 4.69) is 4.98 Å². The lowest BCUT2D eigenvalue weighted by atomic mass is 10.4. The molecule has 0 unspecified atom stereocenters. The number of halogens is 2. The summed E-state index contributed by atoms with van der Waals surface area (Å²) in [6.07, 6.45) is 5.41. The van der Waals surface area contributed by atoms with E-state index in [9.17, 15) is 0 Å². The molecule has 0 bridgehead atoms. The lowest BCUT2D eigenvalue weighted by molar-refractivity contribution is 0.805. The van der Waals surface area contributed by atoms with E-state index in [0.29, 0.717) is 15.9 Å². The number of hydrogen-bond acceptors (Lipinski definition) is 1. The number of rotatable bonds is 1. The minimum absolute atomic E-state index is 0.528. The Morgan fingerprint density at radius 3 is 2.35 bits per heavy atom. The molecule has 0 aliphatic rings. The first-order chi connectivity index (χ1) is 8.08. The van der Waals surface area contributed by atoms with Gasteiger partial charge in [0.15, 0.2) is 5.82 Å². The van der Waals surface area contributed by atoms with E-state index in [0.717, 1.165) is 5.36 Å². The molecule has 0 fully saturated rings. The molecule has 2 aromatic heterocycles. The summed E-state index contributed by atoms with van der Waals surface area (Å²) in [7, 11) is 3.99. The largest absolute Gasteiger partial charge is 0.307 e. The second-order valence-electron chi connectivity index (χ2n) is 3.82. The molecular formula is C12H12Cl2N3+. The van der Waals surface area contributed by atoms with Gasteiger partial charge in [-0.05, 0) is 6.07 Å². The fourth-order valence-corrected chi connectivity index (χ4v) is 1.93. The molecule has 5 heteroatoms. The number of hydrogen-bond donors (Lipinski definition) is 0. The van der Waals surface area contributed by atoms with Crippen LogP contribution in [0.1, 0.15) is 0 Å². The molecular weight excluding hydrogens is 257 g/mol. The number of aromatic nitrogens is 2. The van der Waals surface area contributed by atoms with Crippen LogP contribution in [0.5, 0.6) is 0 Å². The van der Waals surface area contributed by atoms with Gasteiger partial charge < -0.3 is 4.57 Å². The second kappa shape index (κ2) is 4.90. The van der Waals surface area contributed by atoms with Gasteiger partial charge in [-0.15, -0.1) is 0 Å². The van der Waals surface area contributed by atoms with Gasteiger partial charge >= 0.3 is 0 Å². The van der Waals surface area contributed by atoms with Crippen LogP contribution in [0.3, 0.4) is 0 Å². The predicted octanol–water partition coefficient (Wildman–Crippen LogP) is 2.21. The molecule has 0 atom stereocenters. The van der Waals surface area contributed by atoms with Crippen molar-refractivity contribution in [1.29, 1.82) is 0 Å². The summed E-state index contributed by atoms with van der Waals surface area (Å²) in [6, 6.07) is 5.66. The number of nitrogens with zero attached hydrogens (tertiary/aromatic N) is 3. The third kappa shape index (κ3) is 2.68. The Morgan fingerprint density at radius 2 is 1.82 bits per heavy atom. The van der Waals surface area contributed by atoms with E-state index < -0.39 is 0 Å². The van der Waals surface area contributed by atoms with Crippen LogP contribution in [-0.4, -0.2) is 23.6 Å². The van der Waals surface area contributed by atoms with Crippen molar-refractivity contribution in [1.82, 2.24) is 14.1 Å². The normalized spacial score (nSPS) is 10.4. The van der Waals surface area contributed by atoms with Crippen molar-refractivity contribution in [2.24, 2.45) is 0 Å². The Morgan fingerprint density at radius 1 is 1.18 bits per heavy atom. The highest BCUT2D eigenvalue weighted by atomic mass is 35.5. The Balaban J connectivity index is 2.51. The Bertz CT molecular complexity index is 593. The van der Waals surface area contributed by atoms with Gasteiger partial charge in [0.2, 0.25) is 5.36 Å². The van der Waals surface area contributed by atoms with Gasteiger partial charge in [0, 0.05) is 30.7 Å². The zero-order valence-corrected chi connectivity index (χ0v) is 11.1. The average Bonchev–Trinajstić information content (AvgIpc) is 2.29. The monoisotopic (exact) mass is 268 g/mol. The quantitative estimate of drug-likeness (QED) is 0.727. The molecule has 2 heterocycles. The van der Waals surface area contributed by atoms with E-state index in [1.165, 1.54) is 0 Å². The van der Waals surface area contributed by atoms with Crippen molar-refractivity contribution in [2.45, 2.75) is 0 Å². The van der Waals surface area contributed by atoms with Crippen LogP contribution in [0.2, 0.25) is 10.0 Å². The van der Waals surface area contributed by atoms with Gasteiger partial charge in [-0.1, -0.05) is 23.2 Å². The van der Waals surface area contributed by atoms with Gasteiger partial charge in [-0.25, -0.2) is 9.56 Å². The zero-order valence-electron chi connectivity index (χ0n) is 9.56. The van der Waals surface area contributed by atoms with E-state index in [4.69, 9.17) is 23.2 Å². The van der Waals surface area contributed by atoms with E-state index >= 15 is 0 Å². The van der Waals surface area contributed by atoms with Crippen molar-refractivity contribution in [3.05, 3.63) is 52.2 Å². The van der Waals surface area contributed by atoms with Crippen molar-refractivity contribution in [3.63, 3.8) is 0 Å². The van der Waals surface area contributed by atoms with Crippen LogP contribution in [0.25, 0.3) is 5.82 Å². The van der Waals surface area contributed by atoms with E-state index in [1.807, 2.05) is 47.8 Å². The summed E-state index contributed by atoms with van der Waals surface area (Å²) >= 11 is 11.9. The molecule has 0 N–H and O–H groups in total. The van der Waals surface area contributed by atoms with E-state index in [-0.39, 0.29) is 0 Å². The third-order valence-electron chi connectivity index (χ3n) is 2.36. The molecule has 0 aromatic carbocycles. The molecule has 3 nitrogen and oxygen atoms in total. The van der Waals surface area contributed by atoms with Gasteiger partial charge in [-0.3, -0.25) is 0 Å². The Labute approximate surface area is 110 Å². The third-order valence-corrected chi connectivity index (χ3v) is 2.85. The van der Waals surface area contributed by atoms with Crippen LogP contribution in [0, 0.1) is 0 Å². The molecule has 0 aliphatic heterocycles. The molecule has 17 heavy (non-hydrogen) atoms. The maximum absolute atomic E-state index is 6.09. The molecule has 2 aromatic rings. The minimum atomic E-state index is 0.528. The lowest BCUT2D eigenvalue weighted by Gasteiger charge is -2.06. The zero-order chi connectivity index (χ0) is 12.4. The van der Waals surface area contributed by atoms with Crippen LogP contribution in [0.4, 0.5) is 0 Å². The first-order valence-electron chi connectivity index (χ1n) is 5.08. The fraction of sp³-hybridized carbons (Fsp3) is 0.167. The van der Waals surface area contributed by atoms with Gasteiger partial charge in [0.05, 0.1) is 10.0 Å². The summed E-state index contributed by atoms with van der Waals surface area (Å²) in [6.45, 7) is 0. The van der Waals surface area contributed by atoms with Gasteiger partial charge in [-0.2, -0.15) is 0 Å². The number of pyridine rings is 2. The van der Waals surface area contributed by atoms with Crippen molar-refractivity contribution in [2.75, 3.05) is 14.1 Å². The van der Waals surface area contributed by atoms with Crippen molar-refractivity contribution < 1.29 is 0 Å². The standard InChI is InChI=1S/C12H12Cl2N3/c1-16(2)10-3-5-17(6-4-10)12-11(14)7-9(13)8-15-12/h3-8H,1-2H3/q+1. The van der Waals surface area contributed by atoms with Crippen LogP contribution in [-0.2, 0) is 0 Å². The molecule has 2 rings (SSSR count). The van der Waals surface area contributed by atoms with Gasteiger partial charge in [0.1, 0.15) is 14.1 Å². The first kappa shape index (κ1) is 12.1. The smallest absolute Gasteiger partial charge is 0.202 e. The van der Waals surface area contributed by atoms with Crippen LogP contribution >= 0.6 is 23.2 Å². The predicted molar refractivity (Wildman–Crippen MR) is 70.7 cm³/mol. The minimum Gasteiger partial charge on any atom is -0.307 e. The fourth-order valence-electron chi connectivity index (χ4n) is 1.46. The highest BCUT2D eigenvalue weighted by Crippen LogP contribution is 2.20. The summed E-state index contributed by atoms with van der Waals surface area (Å²) in [5, 5.41) is 2.18. The average molecular weight is 269 g/mol. The van der Waals surface area contributed by atoms with Crippen LogP contribution < -0.4 is 9.93 Å². The van der Waals surface area contributed by atoms with Crippen LogP contribution in [0.15, 0.2) is 36.8 Å². The maximum Gasteiger partial charge on any atom is 0.202 e.